The molecule has 0 bridgehead atoms. The van der Waals surface area contributed by atoms with Crippen molar-refractivity contribution in [2.45, 2.75) is 13.1 Å². The lowest BCUT2D eigenvalue weighted by Crippen LogP contribution is -2.47. The molecular formula is C16H16F3N7. The van der Waals surface area contributed by atoms with E-state index in [2.05, 4.69) is 25.1 Å². The molecule has 0 unspecified atom stereocenters. The van der Waals surface area contributed by atoms with Crippen molar-refractivity contribution < 1.29 is 13.2 Å². The molecule has 0 aromatic carbocycles. The number of nitrogens with zero attached hydrogens (tertiary/aromatic N) is 7. The third-order valence-corrected chi connectivity index (χ3v) is 4.46. The Morgan fingerprint density at radius 2 is 1.69 bits per heavy atom. The van der Waals surface area contributed by atoms with E-state index in [-0.39, 0.29) is 0 Å². The maximum absolute atomic E-state index is 12.6. The normalized spacial score (nSPS) is 15.7. The molecule has 1 fully saturated rings. The van der Waals surface area contributed by atoms with E-state index in [0.29, 0.717) is 37.6 Å². The fourth-order valence-corrected chi connectivity index (χ4v) is 3.04. The van der Waals surface area contributed by atoms with Gasteiger partial charge in [-0.05, 0) is 19.1 Å². The number of anilines is 2. The molecule has 1 aliphatic heterocycles. The molecule has 4 rings (SSSR count). The molecule has 0 N–H and O–H groups in total. The minimum Gasteiger partial charge on any atom is -0.353 e. The van der Waals surface area contributed by atoms with Crippen LogP contribution in [0.15, 0.2) is 30.7 Å². The Labute approximate surface area is 147 Å². The van der Waals surface area contributed by atoms with Crippen molar-refractivity contribution in [2.75, 3.05) is 36.0 Å². The molecule has 26 heavy (non-hydrogen) atoms. The first-order valence-electron chi connectivity index (χ1n) is 8.13. The topological polar surface area (TPSA) is 62.5 Å². The highest BCUT2D eigenvalue weighted by molar-refractivity contribution is 5.64. The summed E-state index contributed by atoms with van der Waals surface area (Å²) in [5.41, 5.74) is -0.0379. The molecule has 0 saturated carbocycles. The molecule has 7 nitrogen and oxygen atoms in total. The third-order valence-electron chi connectivity index (χ3n) is 4.46. The van der Waals surface area contributed by atoms with E-state index in [1.54, 1.807) is 6.20 Å². The van der Waals surface area contributed by atoms with Crippen molar-refractivity contribution in [1.29, 1.82) is 0 Å². The molecule has 0 aliphatic carbocycles. The van der Waals surface area contributed by atoms with Crippen LogP contribution in [0.1, 0.15) is 11.4 Å². The summed E-state index contributed by atoms with van der Waals surface area (Å²) in [6, 6.07) is 2.48. The van der Waals surface area contributed by atoms with E-state index >= 15 is 0 Å². The van der Waals surface area contributed by atoms with Gasteiger partial charge in [0.25, 0.3) is 0 Å². The van der Waals surface area contributed by atoms with Crippen molar-refractivity contribution in [3.8, 4) is 0 Å². The SMILES string of the molecule is Cc1nnc2c(N3CCN(c4ccc(C(F)(F)F)cn4)CC3)nccn12. The summed E-state index contributed by atoms with van der Waals surface area (Å²) < 4.78 is 39.8. The summed E-state index contributed by atoms with van der Waals surface area (Å²) in [4.78, 5) is 12.5. The summed E-state index contributed by atoms with van der Waals surface area (Å²) >= 11 is 0. The first-order valence-corrected chi connectivity index (χ1v) is 8.13. The number of piperazine rings is 1. The zero-order valence-corrected chi connectivity index (χ0v) is 14.0. The van der Waals surface area contributed by atoms with Crippen LogP contribution < -0.4 is 9.80 Å². The highest BCUT2D eigenvalue weighted by Crippen LogP contribution is 2.29. The number of hydrogen-bond donors (Lipinski definition) is 0. The minimum absolute atomic E-state index is 0.544. The fraction of sp³-hybridized carbons (Fsp3) is 0.375. The number of aryl methyl sites for hydroxylation is 1. The maximum atomic E-state index is 12.6. The van der Waals surface area contributed by atoms with Crippen molar-refractivity contribution >= 4 is 17.3 Å². The smallest absolute Gasteiger partial charge is 0.353 e. The van der Waals surface area contributed by atoms with Gasteiger partial charge in [0.2, 0.25) is 5.65 Å². The van der Waals surface area contributed by atoms with Gasteiger partial charge in [0.1, 0.15) is 11.6 Å². The third kappa shape index (κ3) is 2.91. The quantitative estimate of drug-likeness (QED) is 0.695. The standard InChI is InChI=1S/C16H16F3N7/c1-11-22-23-15-14(20-4-5-26(11)15)25-8-6-24(7-9-25)13-3-2-12(10-21-13)16(17,18)19/h2-5,10H,6-9H2,1H3. The molecule has 1 aliphatic rings. The van der Waals surface area contributed by atoms with Gasteiger partial charge >= 0.3 is 6.18 Å². The number of fused-ring (bicyclic) bond motifs is 1. The molecule has 0 amide bonds. The van der Waals surface area contributed by atoms with Gasteiger partial charge < -0.3 is 9.80 Å². The number of alkyl halides is 3. The number of rotatable bonds is 2. The van der Waals surface area contributed by atoms with E-state index in [0.717, 1.165) is 23.9 Å². The largest absolute Gasteiger partial charge is 0.417 e. The van der Waals surface area contributed by atoms with Crippen molar-refractivity contribution in [1.82, 2.24) is 24.6 Å². The van der Waals surface area contributed by atoms with Gasteiger partial charge in [0.15, 0.2) is 5.82 Å². The van der Waals surface area contributed by atoms with E-state index in [4.69, 9.17) is 0 Å². The van der Waals surface area contributed by atoms with E-state index in [1.165, 1.54) is 6.07 Å². The van der Waals surface area contributed by atoms with Crippen LogP contribution in [0.3, 0.4) is 0 Å². The lowest BCUT2D eigenvalue weighted by Gasteiger charge is -2.36. The molecule has 1 saturated heterocycles. The Morgan fingerprint density at radius 3 is 2.35 bits per heavy atom. The second kappa shape index (κ2) is 6.11. The Bertz CT molecular complexity index is 912. The number of pyridine rings is 1. The summed E-state index contributed by atoms with van der Waals surface area (Å²) in [5.74, 6) is 2.09. The van der Waals surface area contributed by atoms with Gasteiger partial charge in [0, 0.05) is 44.8 Å². The Kier molecular flexibility index (Phi) is 3.89. The van der Waals surface area contributed by atoms with Crippen LogP contribution in [0.4, 0.5) is 24.8 Å². The Morgan fingerprint density at radius 1 is 0.962 bits per heavy atom. The first kappa shape index (κ1) is 16.6. The molecule has 0 spiro atoms. The molecule has 136 valence electrons. The number of hydrogen-bond acceptors (Lipinski definition) is 6. The molecule has 3 aromatic heterocycles. The minimum atomic E-state index is -4.37. The van der Waals surface area contributed by atoms with Crippen LogP contribution in [0.2, 0.25) is 0 Å². The first-order chi connectivity index (χ1) is 12.4. The average molecular weight is 363 g/mol. The van der Waals surface area contributed by atoms with Crippen LogP contribution in [0.25, 0.3) is 5.65 Å². The summed E-state index contributed by atoms with van der Waals surface area (Å²) in [5, 5.41) is 8.26. The lowest BCUT2D eigenvalue weighted by atomic mass is 10.2. The molecule has 0 atom stereocenters. The van der Waals surface area contributed by atoms with Gasteiger partial charge in [0.05, 0.1) is 5.56 Å². The van der Waals surface area contributed by atoms with Gasteiger partial charge in [-0.3, -0.25) is 4.40 Å². The van der Waals surface area contributed by atoms with Gasteiger partial charge in [-0.15, -0.1) is 10.2 Å². The van der Waals surface area contributed by atoms with Crippen LogP contribution in [-0.2, 0) is 6.18 Å². The molecule has 10 heteroatoms. The second-order valence-corrected chi connectivity index (χ2v) is 6.07. The van der Waals surface area contributed by atoms with Gasteiger partial charge in [-0.2, -0.15) is 13.2 Å². The summed E-state index contributed by atoms with van der Waals surface area (Å²) in [6.45, 7) is 4.48. The van der Waals surface area contributed by atoms with Gasteiger partial charge in [-0.25, -0.2) is 9.97 Å². The fourth-order valence-electron chi connectivity index (χ4n) is 3.04. The average Bonchev–Trinajstić information content (AvgIpc) is 3.03. The monoisotopic (exact) mass is 363 g/mol. The van der Waals surface area contributed by atoms with Crippen LogP contribution >= 0.6 is 0 Å². The van der Waals surface area contributed by atoms with Gasteiger partial charge in [-0.1, -0.05) is 0 Å². The zero-order chi connectivity index (χ0) is 18.3. The summed E-state index contributed by atoms with van der Waals surface area (Å²) in [6.07, 6.45) is 0.0347. The maximum Gasteiger partial charge on any atom is 0.417 e. The van der Waals surface area contributed by atoms with Crippen molar-refractivity contribution in [2.24, 2.45) is 0 Å². The predicted octanol–water partition coefficient (Wildman–Crippen LogP) is 2.17. The van der Waals surface area contributed by atoms with E-state index in [1.807, 2.05) is 22.4 Å². The molecular weight excluding hydrogens is 347 g/mol. The molecule has 4 heterocycles. The lowest BCUT2D eigenvalue weighted by molar-refractivity contribution is -0.137. The van der Waals surface area contributed by atoms with E-state index < -0.39 is 11.7 Å². The van der Waals surface area contributed by atoms with Crippen molar-refractivity contribution in [3.63, 3.8) is 0 Å². The van der Waals surface area contributed by atoms with Crippen LogP contribution in [0.5, 0.6) is 0 Å². The van der Waals surface area contributed by atoms with Crippen LogP contribution in [0, 0.1) is 6.92 Å². The molecule has 3 aromatic rings. The molecule has 0 radical (unpaired) electrons. The highest BCUT2D eigenvalue weighted by atomic mass is 19.4. The highest BCUT2D eigenvalue weighted by Gasteiger charge is 2.31. The van der Waals surface area contributed by atoms with Crippen LogP contribution in [-0.4, -0.2) is 50.7 Å². The van der Waals surface area contributed by atoms with E-state index in [9.17, 15) is 13.2 Å². The predicted molar refractivity (Wildman–Crippen MR) is 89.2 cm³/mol. The second-order valence-electron chi connectivity index (χ2n) is 6.07. The zero-order valence-electron chi connectivity index (χ0n) is 14.0. The Hall–Kier alpha value is -2.91. The number of halogens is 3. The number of aromatic nitrogens is 5. The summed E-state index contributed by atoms with van der Waals surface area (Å²) in [7, 11) is 0. The van der Waals surface area contributed by atoms with Crippen molar-refractivity contribution in [3.05, 3.63) is 42.1 Å². The Balaban J connectivity index is 1.49.